The topological polar surface area (TPSA) is 111 Å². The fourth-order valence-corrected chi connectivity index (χ4v) is 1.93. The van der Waals surface area contributed by atoms with Crippen LogP contribution in [0.25, 0.3) is 10.9 Å². The van der Waals surface area contributed by atoms with Crippen LogP contribution in [0.2, 0.25) is 0 Å². The zero-order chi connectivity index (χ0) is 16.1. The summed E-state index contributed by atoms with van der Waals surface area (Å²) < 4.78 is 5.57. The van der Waals surface area contributed by atoms with Crippen LogP contribution >= 0.6 is 0 Å². The molecule has 1 atom stereocenters. The molecule has 116 valence electrons. The fraction of sp³-hybridized carbons (Fsp3) is 0.286. The molecule has 2 aromatic rings. The molecule has 0 saturated heterocycles. The number of aromatic nitrogens is 2. The van der Waals surface area contributed by atoms with Gasteiger partial charge in [0.2, 0.25) is 5.91 Å². The molecule has 2 rings (SSSR count). The number of nitrogens with zero attached hydrogens (tertiary/aromatic N) is 2. The standard InChI is InChI=1S/C14H15N3O5/c1-22-14(21)11(7-18)16-12(19)6-17-8-15-10-5-3-2-4-9(10)13(17)20/h2-5,8,11,18H,6-7H2,1H3,(H,16,19)/t11-/m0/s1. The van der Waals surface area contributed by atoms with Crippen LogP contribution in [0.1, 0.15) is 0 Å². The summed E-state index contributed by atoms with van der Waals surface area (Å²) in [5.74, 6) is -1.37. The van der Waals surface area contributed by atoms with Crippen LogP contribution in [-0.2, 0) is 20.9 Å². The highest BCUT2D eigenvalue weighted by molar-refractivity contribution is 5.84. The van der Waals surface area contributed by atoms with Gasteiger partial charge < -0.3 is 15.2 Å². The van der Waals surface area contributed by atoms with Crippen LogP contribution in [0.15, 0.2) is 35.4 Å². The Kier molecular flexibility index (Phi) is 4.84. The zero-order valence-electron chi connectivity index (χ0n) is 11.9. The van der Waals surface area contributed by atoms with Gasteiger partial charge in [-0.05, 0) is 12.1 Å². The summed E-state index contributed by atoms with van der Waals surface area (Å²) >= 11 is 0. The number of rotatable bonds is 5. The minimum atomic E-state index is -1.17. The molecule has 0 aliphatic rings. The van der Waals surface area contributed by atoms with E-state index in [1.165, 1.54) is 6.33 Å². The third-order valence-corrected chi connectivity index (χ3v) is 3.05. The van der Waals surface area contributed by atoms with Crippen molar-refractivity contribution in [3.05, 3.63) is 40.9 Å². The monoisotopic (exact) mass is 305 g/mol. The van der Waals surface area contributed by atoms with E-state index in [0.717, 1.165) is 11.7 Å². The predicted octanol–water partition coefficient (Wildman–Crippen LogP) is -0.953. The van der Waals surface area contributed by atoms with Crippen molar-refractivity contribution in [2.75, 3.05) is 13.7 Å². The first kappa shape index (κ1) is 15.6. The van der Waals surface area contributed by atoms with Gasteiger partial charge in [-0.25, -0.2) is 9.78 Å². The molecule has 0 spiro atoms. The number of ether oxygens (including phenoxy) is 1. The number of esters is 1. The Morgan fingerprint density at radius 3 is 2.82 bits per heavy atom. The fourth-order valence-electron chi connectivity index (χ4n) is 1.93. The molecule has 0 fully saturated rings. The number of benzene rings is 1. The zero-order valence-corrected chi connectivity index (χ0v) is 11.9. The molecule has 0 aliphatic heterocycles. The summed E-state index contributed by atoms with van der Waals surface area (Å²) in [6.07, 6.45) is 1.26. The minimum absolute atomic E-state index is 0.315. The molecule has 8 heteroatoms. The van der Waals surface area contributed by atoms with Crippen molar-refractivity contribution < 1.29 is 19.4 Å². The maximum Gasteiger partial charge on any atom is 0.330 e. The summed E-state index contributed by atoms with van der Waals surface area (Å²) in [6, 6.07) is 5.61. The number of para-hydroxylation sites is 1. The number of hydrogen-bond donors (Lipinski definition) is 2. The summed E-state index contributed by atoms with van der Waals surface area (Å²) in [5, 5.41) is 11.7. The molecule has 0 radical (unpaired) electrons. The Balaban J connectivity index is 2.17. The molecule has 1 amide bonds. The average Bonchev–Trinajstić information content (AvgIpc) is 2.54. The molecule has 8 nitrogen and oxygen atoms in total. The lowest BCUT2D eigenvalue weighted by molar-refractivity contribution is -0.146. The number of carbonyl (C=O) groups is 2. The van der Waals surface area contributed by atoms with Crippen molar-refractivity contribution in [1.29, 1.82) is 0 Å². The van der Waals surface area contributed by atoms with Gasteiger partial charge in [0, 0.05) is 0 Å². The Bertz CT molecular complexity index is 755. The highest BCUT2D eigenvalue weighted by Crippen LogP contribution is 2.04. The Morgan fingerprint density at radius 1 is 1.41 bits per heavy atom. The quantitative estimate of drug-likeness (QED) is 0.689. The van der Waals surface area contributed by atoms with E-state index in [-0.39, 0.29) is 12.1 Å². The van der Waals surface area contributed by atoms with E-state index in [0.29, 0.717) is 10.9 Å². The van der Waals surface area contributed by atoms with Crippen molar-refractivity contribution in [3.8, 4) is 0 Å². The highest BCUT2D eigenvalue weighted by atomic mass is 16.5. The summed E-state index contributed by atoms with van der Waals surface area (Å²) in [6.45, 7) is -0.909. The van der Waals surface area contributed by atoms with E-state index >= 15 is 0 Å². The molecule has 1 aromatic heterocycles. The summed E-state index contributed by atoms with van der Waals surface area (Å²) in [5.41, 5.74) is 0.173. The van der Waals surface area contributed by atoms with Gasteiger partial charge in [-0.15, -0.1) is 0 Å². The van der Waals surface area contributed by atoms with Crippen LogP contribution in [0.3, 0.4) is 0 Å². The van der Waals surface area contributed by atoms with Crippen LogP contribution in [0.4, 0.5) is 0 Å². The maximum absolute atomic E-state index is 12.2. The molecular formula is C14H15N3O5. The number of amides is 1. The van der Waals surface area contributed by atoms with E-state index in [1.54, 1.807) is 24.3 Å². The van der Waals surface area contributed by atoms with Gasteiger partial charge in [0.25, 0.3) is 5.56 Å². The molecule has 0 saturated carbocycles. The van der Waals surface area contributed by atoms with Gasteiger partial charge in [-0.3, -0.25) is 14.2 Å². The first-order chi connectivity index (χ1) is 10.6. The Labute approximate surface area is 125 Å². The predicted molar refractivity (Wildman–Crippen MR) is 77.0 cm³/mol. The number of aliphatic hydroxyl groups excluding tert-OH is 1. The summed E-state index contributed by atoms with van der Waals surface area (Å²) in [4.78, 5) is 39.5. The van der Waals surface area contributed by atoms with E-state index in [1.807, 2.05) is 0 Å². The largest absolute Gasteiger partial charge is 0.467 e. The van der Waals surface area contributed by atoms with Crippen LogP contribution < -0.4 is 10.9 Å². The van der Waals surface area contributed by atoms with Crippen molar-refractivity contribution in [3.63, 3.8) is 0 Å². The first-order valence-corrected chi connectivity index (χ1v) is 6.49. The second-order valence-corrected chi connectivity index (χ2v) is 4.52. The van der Waals surface area contributed by atoms with E-state index in [2.05, 4.69) is 15.0 Å². The smallest absolute Gasteiger partial charge is 0.330 e. The van der Waals surface area contributed by atoms with E-state index in [4.69, 9.17) is 5.11 Å². The molecule has 2 N–H and O–H groups in total. The average molecular weight is 305 g/mol. The van der Waals surface area contributed by atoms with Gasteiger partial charge in [0.15, 0.2) is 6.04 Å². The van der Waals surface area contributed by atoms with E-state index in [9.17, 15) is 14.4 Å². The third kappa shape index (κ3) is 3.29. The van der Waals surface area contributed by atoms with E-state index < -0.39 is 24.5 Å². The van der Waals surface area contributed by atoms with Crippen molar-refractivity contribution in [2.45, 2.75) is 12.6 Å². The lowest BCUT2D eigenvalue weighted by Gasteiger charge is -2.14. The number of fused-ring (bicyclic) bond motifs is 1. The van der Waals surface area contributed by atoms with Crippen LogP contribution in [-0.4, -0.2) is 46.3 Å². The lowest BCUT2D eigenvalue weighted by Crippen LogP contribution is -2.46. The number of hydrogen-bond acceptors (Lipinski definition) is 6. The van der Waals surface area contributed by atoms with Gasteiger partial charge >= 0.3 is 5.97 Å². The molecule has 0 bridgehead atoms. The second kappa shape index (κ2) is 6.81. The van der Waals surface area contributed by atoms with Crippen LogP contribution in [0, 0.1) is 0 Å². The second-order valence-electron chi connectivity index (χ2n) is 4.52. The van der Waals surface area contributed by atoms with Gasteiger partial charge in [-0.2, -0.15) is 0 Å². The molecule has 1 heterocycles. The normalized spacial score (nSPS) is 11.9. The van der Waals surface area contributed by atoms with Crippen molar-refractivity contribution in [2.24, 2.45) is 0 Å². The van der Waals surface area contributed by atoms with Crippen molar-refractivity contribution in [1.82, 2.24) is 14.9 Å². The molecule has 1 aromatic carbocycles. The number of aliphatic hydroxyl groups is 1. The first-order valence-electron chi connectivity index (χ1n) is 6.49. The summed E-state index contributed by atoms with van der Waals surface area (Å²) in [7, 11) is 1.15. The number of methoxy groups -OCH3 is 1. The molecule has 0 unspecified atom stereocenters. The third-order valence-electron chi connectivity index (χ3n) is 3.05. The van der Waals surface area contributed by atoms with Gasteiger partial charge in [0.05, 0.1) is 30.9 Å². The number of carbonyl (C=O) groups excluding carboxylic acids is 2. The lowest BCUT2D eigenvalue weighted by atomic mass is 10.2. The molecular weight excluding hydrogens is 290 g/mol. The van der Waals surface area contributed by atoms with Crippen LogP contribution in [0.5, 0.6) is 0 Å². The maximum atomic E-state index is 12.2. The SMILES string of the molecule is COC(=O)[C@H](CO)NC(=O)Cn1cnc2ccccc2c1=O. The minimum Gasteiger partial charge on any atom is -0.467 e. The molecule has 22 heavy (non-hydrogen) atoms. The van der Waals surface area contributed by atoms with Gasteiger partial charge in [0.1, 0.15) is 6.54 Å². The number of nitrogens with one attached hydrogen (secondary N) is 1. The Hall–Kier alpha value is -2.74. The highest BCUT2D eigenvalue weighted by Gasteiger charge is 2.20. The molecule has 0 aliphatic carbocycles. The van der Waals surface area contributed by atoms with Crippen molar-refractivity contribution >= 4 is 22.8 Å². The Morgan fingerprint density at radius 2 is 2.14 bits per heavy atom. The van der Waals surface area contributed by atoms with Gasteiger partial charge in [-0.1, -0.05) is 12.1 Å².